The normalized spacial score (nSPS) is 11.6. The number of ether oxygens (including phenoxy) is 1. The van der Waals surface area contributed by atoms with E-state index < -0.39 is 0 Å². The summed E-state index contributed by atoms with van der Waals surface area (Å²) < 4.78 is 6.13. The molecule has 16 heavy (non-hydrogen) atoms. The number of nitrogens with one attached hydrogen (secondary N) is 1. The molecular formula is C12H15BrN2O. The third kappa shape index (κ3) is 3.42. The number of anilines is 1. The van der Waals surface area contributed by atoms with Crippen molar-refractivity contribution in [3.63, 3.8) is 0 Å². The lowest BCUT2D eigenvalue weighted by molar-refractivity contribution is 0.412. The molecule has 1 unspecified atom stereocenters. The van der Waals surface area contributed by atoms with Crippen molar-refractivity contribution >= 4 is 21.6 Å². The number of hydrogen-bond donors (Lipinski definition) is 1. The molecule has 0 aliphatic carbocycles. The Hall–Kier alpha value is -1.21. The predicted molar refractivity (Wildman–Crippen MR) is 68.6 cm³/mol. The van der Waals surface area contributed by atoms with Crippen LogP contribution in [0.4, 0.5) is 5.69 Å². The van der Waals surface area contributed by atoms with Gasteiger partial charge in [0.2, 0.25) is 0 Å². The highest BCUT2D eigenvalue weighted by Crippen LogP contribution is 2.28. The lowest BCUT2D eigenvalue weighted by Gasteiger charge is -2.16. The summed E-state index contributed by atoms with van der Waals surface area (Å²) in [4.78, 5) is 0. The van der Waals surface area contributed by atoms with Crippen molar-refractivity contribution in [1.82, 2.24) is 0 Å². The molecule has 1 aromatic carbocycles. The molecule has 0 aliphatic rings. The first kappa shape index (κ1) is 12.9. The van der Waals surface area contributed by atoms with Gasteiger partial charge in [0.05, 0.1) is 24.1 Å². The molecule has 0 saturated carbocycles. The van der Waals surface area contributed by atoms with E-state index >= 15 is 0 Å². The summed E-state index contributed by atoms with van der Waals surface area (Å²) in [7, 11) is 1.64. The summed E-state index contributed by atoms with van der Waals surface area (Å²) in [6.07, 6.45) is 1.43. The summed E-state index contributed by atoms with van der Waals surface area (Å²) in [5.74, 6) is 0.789. The summed E-state index contributed by atoms with van der Waals surface area (Å²) in [5, 5.41) is 12.0. The molecule has 0 bridgehead atoms. The van der Waals surface area contributed by atoms with E-state index in [1.165, 1.54) is 0 Å². The molecule has 1 aromatic rings. The first-order chi connectivity index (χ1) is 7.71. The molecule has 86 valence electrons. The smallest absolute Gasteiger partial charge is 0.135 e. The minimum absolute atomic E-state index is 0.191. The lowest BCUT2D eigenvalue weighted by Crippen LogP contribution is -2.17. The Morgan fingerprint density at radius 2 is 2.31 bits per heavy atom. The topological polar surface area (TPSA) is 45.0 Å². The van der Waals surface area contributed by atoms with Crippen LogP contribution in [0.2, 0.25) is 0 Å². The van der Waals surface area contributed by atoms with E-state index in [-0.39, 0.29) is 6.04 Å². The number of rotatable bonds is 5. The van der Waals surface area contributed by atoms with Crippen LogP contribution in [0.1, 0.15) is 19.8 Å². The second-order valence-electron chi connectivity index (χ2n) is 3.46. The van der Waals surface area contributed by atoms with Crippen LogP contribution in [0.5, 0.6) is 5.75 Å². The molecule has 0 radical (unpaired) electrons. The van der Waals surface area contributed by atoms with E-state index in [1.807, 2.05) is 18.2 Å². The maximum absolute atomic E-state index is 8.67. The van der Waals surface area contributed by atoms with Crippen LogP contribution >= 0.6 is 15.9 Å². The fourth-order valence-electron chi connectivity index (χ4n) is 1.39. The maximum atomic E-state index is 8.67. The Kier molecular flexibility index (Phi) is 5.13. The van der Waals surface area contributed by atoms with Crippen LogP contribution in [0.25, 0.3) is 0 Å². The first-order valence-electron chi connectivity index (χ1n) is 5.18. The largest absolute Gasteiger partial charge is 0.495 e. The standard InChI is InChI=1S/C12H15BrN2O/c1-3-9(6-7-14)15-10-4-5-11(13)12(8-10)16-2/h4-5,8-9,15H,3,6H2,1-2H3. The van der Waals surface area contributed by atoms with Crippen LogP contribution in [0, 0.1) is 11.3 Å². The molecule has 3 nitrogen and oxygen atoms in total. The molecule has 1 N–H and O–H groups in total. The number of methoxy groups -OCH3 is 1. The van der Waals surface area contributed by atoms with Crippen molar-refractivity contribution < 1.29 is 4.74 Å². The fraction of sp³-hybridized carbons (Fsp3) is 0.417. The molecular weight excluding hydrogens is 268 g/mol. The van der Waals surface area contributed by atoms with E-state index in [9.17, 15) is 0 Å². The summed E-state index contributed by atoms with van der Waals surface area (Å²) >= 11 is 3.40. The Morgan fingerprint density at radius 1 is 1.56 bits per heavy atom. The van der Waals surface area contributed by atoms with Crippen LogP contribution in [-0.2, 0) is 0 Å². The highest BCUT2D eigenvalue weighted by atomic mass is 79.9. The average Bonchev–Trinajstić information content (AvgIpc) is 2.30. The lowest BCUT2D eigenvalue weighted by atomic mass is 10.1. The van der Waals surface area contributed by atoms with Gasteiger partial charge in [-0.25, -0.2) is 0 Å². The van der Waals surface area contributed by atoms with E-state index in [0.717, 1.165) is 22.3 Å². The third-order valence-corrected chi connectivity index (χ3v) is 3.01. The van der Waals surface area contributed by atoms with E-state index in [4.69, 9.17) is 10.00 Å². The van der Waals surface area contributed by atoms with Crippen LogP contribution in [0.15, 0.2) is 22.7 Å². The summed E-state index contributed by atoms with van der Waals surface area (Å²) in [6, 6.07) is 8.18. The molecule has 0 fully saturated rings. The molecule has 4 heteroatoms. The first-order valence-corrected chi connectivity index (χ1v) is 5.97. The van der Waals surface area contributed by atoms with Gasteiger partial charge in [0.15, 0.2) is 0 Å². The van der Waals surface area contributed by atoms with Crippen molar-refractivity contribution in [3.05, 3.63) is 22.7 Å². The van der Waals surface area contributed by atoms with Gasteiger partial charge >= 0.3 is 0 Å². The average molecular weight is 283 g/mol. The summed E-state index contributed by atoms with van der Waals surface area (Å²) in [5.41, 5.74) is 0.974. The number of nitrogens with zero attached hydrogens (tertiary/aromatic N) is 1. The van der Waals surface area contributed by atoms with Crippen molar-refractivity contribution in [1.29, 1.82) is 5.26 Å². The Morgan fingerprint density at radius 3 is 2.88 bits per heavy atom. The van der Waals surface area contributed by atoms with Gasteiger partial charge in [0.1, 0.15) is 5.75 Å². The molecule has 0 aromatic heterocycles. The van der Waals surface area contributed by atoms with Crippen LogP contribution in [-0.4, -0.2) is 13.2 Å². The molecule has 0 heterocycles. The van der Waals surface area contributed by atoms with E-state index in [0.29, 0.717) is 6.42 Å². The number of nitriles is 1. The predicted octanol–water partition coefficient (Wildman–Crippen LogP) is 3.56. The highest BCUT2D eigenvalue weighted by Gasteiger charge is 2.07. The second kappa shape index (κ2) is 6.39. The highest BCUT2D eigenvalue weighted by molar-refractivity contribution is 9.10. The van der Waals surface area contributed by atoms with Crippen LogP contribution < -0.4 is 10.1 Å². The summed E-state index contributed by atoms with van der Waals surface area (Å²) in [6.45, 7) is 2.06. The van der Waals surface area contributed by atoms with Gasteiger partial charge in [-0.15, -0.1) is 0 Å². The van der Waals surface area contributed by atoms with Crippen molar-refractivity contribution in [2.75, 3.05) is 12.4 Å². The van der Waals surface area contributed by atoms with Crippen molar-refractivity contribution in [3.8, 4) is 11.8 Å². The second-order valence-corrected chi connectivity index (χ2v) is 4.32. The van der Waals surface area contributed by atoms with Gasteiger partial charge in [-0.2, -0.15) is 5.26 Å². The van der Waals surface area contributed by atoms with E-state index in [1.54, 1.807) is 7.11 Å². The van der Waals surface area contributed by atoms with E-state index in [2.05, 4.69) is 34.2 Å². The third-order valence-electron chi connectivity index (χ3n) is 2.35. The number of benzene rings is 1. The van der Waals surface area contributed by atoms with Gasteiger partial charge in [0, 0.05) is 17.8 Å². The monoisotopic (exact) mass is 282 g/mol. The maximum Gasteiger partial charge on any atom is 0.135 e. The Labute approximate surface area is 105 Å². The van der Waals surface area contributed by atoms with Gasteiger partial charge < -0.3 is 10.1 Å². The SMILES string of the molecule is CCC(CC#N)Nc1ccc(Br)c(OC)c1. The number of halogens is 1. The van der Waals surface area contributed by atoms with Gasteiger partial charge in [0.25, 0.3) is 0 Å². The molecule has 1 rings (SSSR count). The number of hydrogen-bond acceptors (Lipinski definition) is 3. The molecule has 0 amide bonds. The Balaban J connectivity index is 2.77. The molecule has 0 spiro atoms. The molecule has 0 saturated heterocycles. The minimum atomic E-state index is 0.191. The van der Waals surface area contributed by atoms with Crippen molar-refractivity contribution in [2.45, 2.75) is 25.8 Å². The zero-order valence-corrected chi connectivity index (χ0v) is 11.0. The fourth-order valence-corrected chi connectivity index (χ4v) is 1.80. The van der Waals surface area contributed by atoms with Gasteiger partial charge in [-0.05, 0) is 34.5 Å². The van der Waals surface area contributed by atoms with Gasteiger partial charge in [-0.1, -0.05) is 6.92 Å². The van der Waals surface area contributed by atoms with Crippen molar-refractivity contribution in [2.24, 2.45) is 0 Å². The molecule has 1 atom stereocenters. The molecule has 0 aliphatic heterocycles. The quantitative estimate of drug-likeness (QED) is 0.898. The zero-order valence-electron chi connectivity index (χ0n) is 9.46. The zero-order chi connectivity index (χ0) is 12.0. The van der Waals surface area contributed by atoms with Gasteiger partial charge in [-0.3, -0.25) is 0 Å². The van der Waals surface area contributed by atoms with Crippen LogP contribution in [0.3, 0.4) is 0 Å². The minimum Gasteiger partial charge on any atom is -0.495 e. The Bertz CT molecular complexity index is 387.